The van der Waals surface area contributed by atoms with Crippen LogP contribution >= 0.6 is 11.3 Å². The number of carboxylic acids is 1. The first-order chi connectivity index (χ1) is 12.2. The molecule has 4 aromatic rings. The highest BCUT2D eigenvalue weighted by atomic mass is 32.1. The number of carboxylic acid groups (broad SMARTS) is 1. The standard InChI is InChI=1S/C19H13N3O2S/c23-18(24)17-13-7-3-4-8-14(13)22(21-17)19-20-16-12-6-2-1-5-11(12)9-10-15(16)25-19/h1-8H,9-10H2,(H,23,24). The molecule has 0 aliphatic heterocycles. The number of carbonyl (C=O) groups is 1. The lowest BCUT2D eigenvalue weighted by atomic mass is 9.94. The summed E-state index contributed by atoms with van der Waals surface area (Å²) in [7, 11) is 0. The Morgan fingerprint density at radius 3 is 2.76 bits per heavy atom. The largest absolute Gasteiger partial charge is 0.476 e. The maximum absolute atomic E-state index is 11.5. The van der Waals surface area contributed by atoms with E-state index >= 15 is 0 Å². The fourth-order valence-electron chi connectivity index (χ4n) is 3.40. The van der Waals surface area contributed by atoms with Crippen molar-refractivity contribution < 1.29 is 9.90 Å². The highest BCUT2D eigenvalue weighted by Gasteiger charge is 2.23. The maximum atomic E-state index is 11.5. The van der Waals surface area contributed by atoms with Crippen molar-refractivity contribution in [3.63, 3.8) is 0 Å². The minimum atomic E-state index is -1.03. The van der Waals surface area contributed by atoms with Crippen molar-refractivity contribution in [1.82, 2.24) is 14.8 Å². The average molecular weight is 347 g/mol. The Morgan fingerprint density at radius 2 is 1.88 bits per heavy atom. The van der Waals surface area contributed by atoms with E-state index in [-0.39, 0.29) is 5.69 Å². The summed E-state index contributed by atoms with van der Waals surface area (Å²) in [6.45, 7) is 0. The first-order valence-corrected chi connectivity index (χ1v) is 8.83. The molecule has 1 aliphatic rings. The number of nitrogens with zero attached hydrogens (tertiary/aromatic N) is 3. The van der Waals surface area contributed by atoms with Gasteiger partial charge in [0.05, 0.1) is 11.2 Å². The molecule has 122 valence electrons. The molecule has 5 rings (SSSR count). The zero-order valence-electron chi connectivity index (χ0n) is 13.1. The van der Waals surface area contributed by atoms with Crippen LogP contribution in [0.25, 0.3) is 27.3 Å². The van der Waals surface area contributed by atoms with Crippen LogP contribution in [0.1, 0.15) is 20.9 Å². The summed E-state index contributed by atoms with van der Waals surface area (Å²) in [6.07, 6.45) is 1.96. The molecular formula is C19H13N3O2S. The Bertz CT molecular complexity index is 1140. The van der Waals surface area contributed by atoms with Crippen LogP contribution in [0.2, 0.25) is 0 Å². The van der Waals surface area contributed by atoms with E-state index in [0.29, 0.717) is 10.5 Å². The molecule has 0 radical (unpaired) electrons. The summed E-state index contributed by atoms with van der Waals surface area (Å²) in [4.78, 5) is 17.6. The van der Waals surface area contributed by atoms with Gasteiger partial charge in [-0.15, -0.1) is 0 Å². The second-order valence-electron chi connectivity index (χ2n) is 6.01. The number of hydrogen-bond donors (Lipinski definition) is 1. The fourth-order valence-corrected chi connectivity index (χ4v) is 4.44. The zero-order valence-corrected chi connectivity index (χ0v) is 14.0. The van der Waals surface area contributed by atoms with Gasteiger partial charge in [-0.05, 0) is 24.5 Å². The van der Waals surface area contributed by atoms with Gasteiger partial charge < -0.3 is 5.11 Å². The smallest absolute Gasteiger partial charge is 0.357 e. The van der Waals surface area contributed by atoms with Gasteiger partial charge >= 0.3 is 5.97 Å². The fraction of sp³-hybridized carbons (Fsp3) is 0.105. The lowest BCUT2D eigenvalue weighted by molar-refractivity contribution is 0.0692. The predicted molar refractivity (Wildman–Crippen MR) is 96.5 cm³/mol. The van der Waals surface area contributed by atoms with Crippen LogP contribution < -0.4 is 0 Å². The molecule has 1 N–H and O–H groups in total. The van der Waals surface area contributed by atoms with Crippen molar-refractivity contribution in [1.29, 1.82) is 0 Å². The summed E-state index contributed by atoms with van der Waals surface area (Å²) in [5, 5.41) is 15.1. The minimum Gasteiger partial charge on any atom is -0.476 e. The third kappa shape index (κ3) is 2.11. The van der Waals surface area contributed by atoms with Gasteiger partial charge in [0.15, 0.2) is 5.69 Å². The van der Waals surface area contributed by atoms with Crippen molar-refractivity contribution in [3.05, 3.63) is 64.7 Å². The van der Waals surface area contributed by atoms with Crippen LogP contribution in [-0.2, 0) is 12.8 Å². The molecule has 2 heterocycles. The van der Waals surface area contributed by atoms with Gasteiger partial charge in [-0.3, -0.25) is 0 Å². The molecule has 0 saturated carbocycles. The summed E-state index contributed by atoms with van der Waals surface area (Å²) < 4.78 is 1.66. The van der Waals surface area contributed by atoms with E-state index in [1.807, 2.05) is 24.3 Å². The van der Waals surface area contributed by atoms with E-state index in [1.165, 1.54) is 16.0 Å². The van der Waals surface area contributed by atoms with E-state index < -0.39 is 5.97 Å². The van der Waals surface area contributed by atoms with Gasteiger partial charge in [0.2, 0.25) is 5.13 Å². The van der Waals surface area contributed by atoms with Crippen molar-refractivity contribution in [2.45, 2.75) is 12.8 Å². The molecular weight excluding hydrogens is 334 g/mol. The van der Waals surface area contributed by atoms with Crippen molar-refractivity contribution in [3.8, 4) is 16.4 Å². The first-order valence-electron chi connectivity index (χ1n) is 8.02. The Hall–Kier alpha value is -2.99. The molecule has 5 nitrogen and oxygen atoms in total. The number of hydrogen-bond acceptors (Lipinski definition) is 4. The van der Waals surface area contributed by atoms with E-state index in [1.54, 1.807) is 22.1 Å². The van der Waals surface area contributed by atoms with Crippen molar-refractivity contribution >= 4 is 28.2 Å². The first kappa shape index (κ1) is 14.4. The second kappa shape index (κ2) is 5.26. The molecule has 0 amide bonds. The van der Waals surface area contributed by atoms with Crippen molar-refractivity contribution in [2.75, 3.05) is 0 Å². The normalized spacial score (nSPS) is 12.8. The predicted octanol–water partition coefficient (Wildman–Crippen LogP) is 3.95. The van der Waals surface area contributed by atoms with E-state index in [0.717, 1.165) is 24.1 Å². The molecule has 2 aromatic heterocycles. The van der Waals surface area contributed by atoms with Gasteiger partial charge in [-0.1, -0.05) is 53.8 Å². The van der Waals surface area contributed by atoms with Gasteiger partial charge in [0, 0.05) is 15.8 Å². The number of aryl methyl sites for hydroxylation is 2. The monoisotopic (exact) mass is 347 g/mol. The minimum absolute atomic E-state index is 0.0594. The van der Waals surface area contributed by atoms with Crippen LogP contribution in [0.4, 0.5) is 0 Å². The van der Waals surface area contributed by atoms with Crippen LogP contribution in [0, 0.1) is 0 Å². The lowest BCUT2D eigenvalue weighted by Crippen LogP contribution is -2.02. The molecule has 0 atom stereocenters. The van der Waals surface area contributed by atoms with Gasteiger partial charge in [0.25, 0.3) is 0 Å². The van der Waals surface area contributed by atoms with Gasteiger partial charge in [-0.25, -0.2) is 14.5 Å². The maximum Gasteiger partial charge on any atom is 0.357 e. The quantitative estimate of drug-likeness (QED) is 0.596. The van der Waals surface area contributed by atoms with Crippen LogP contribution in [0.5, 0.6) is 0 Å². The molecule has 0 spiro atoms. The number of rotatable bonds is 2. The zero-order chi connectivity index (χ0) is 17.0. The molecule has 2 aromatic carbocycles. The summed E-state index contributed by atoms with van der Waals surface area (Å²) in [5.74, 6) is -1.03. The Labute approximate surface area is 147 Å². The SMILES string of the molecule is O=C(O)c1nn(-c2nc3c(s2)CCc2ccccc2-3)c2ccccc12. The van der Waals surface area contributed by atoms with Crippen LogP contribution in [0.3, 0.4) is 0 Å². The number of fused-ring (bicyclic) bond motifs is 4. The Kier molecular flexibility index (Phi) is 3.02. The topological polar surface area (TPSA) is 68.0 Å². The average Bonchev–Trinajstić information content (AvgIpc) is 3.23. The van der Waals surface area contributed by atoms with Crippen LogP contribution in [-0.4, -0.2) is 25.8 Å². The molecule has 0 bridgehead atoms. The van der Waals surface area contributed by atoms with Gasteiger partial charge in [0.1, 0.15) is 0 Å². The number of thiazole rings is 1. The number of benzene rings is 2. The third-order valence-electron chi connectivity index (χ3n) is 4.55. The summed E-state index contributed by atoms with van der Waals surface area (Å²) >= 11 is 1.59. The van der Waals surface area contributed by atoms with Crippen molar-refractivity contribution in [2.24, 2.45) is 0 Å². The number of para-hydroxylation sites is 1. The molecule has 0 saturated heterocycles. The van der Waals surface area contributed by atoms with E-state index in [2.05, 4.69) is 23.3 Å². The molecule has 0 unspecified atom stereocenters. The summed E-state index contributed by atoms with van der Waals surface area (Å²) in [6, 6.07) is 15.7. The number of aromatic nitrogens is 3. The highest BCUT2D eigenvalue weighted by Crippen LogP contribution is 2.38. The molecule has 25 heavy (non-hydrogen) atoms. The summed E-state index contributed by atoms with van der Waals surface area (Å²) in [5.41, 5.74) is 4.30. The molecule has 0 fully saturated rings. The number of aromatic carboxylic acids is 1. The third-order valence-corrected chi connectivity index (χ3v) is 5.64. The lowest BCUT2D eigenvalue weighted by Gasteiger charge is -2.13. The van der Waals surface area contributed by atoms with E-state index in [9.17, 15) is 9.90 Å². The van der Waals surface area contributed by atoms with Gasteiger partial charge in [-0.2, -0.15) is 5.10 Å². The molecule has 6 heteroatoms. The Morgan fingerprint density at radius 1 is 1.08 bits per heavy atom. The second-order valence-corrected chi connectivity index (χ2v) is 7.07. The van der Waals surface area contributed by atoms with Crippen LogP contribution in [0.15, 0.2) is 48.5 Å². The highest BCUT2D eigenvalue weighted by molar-refractivity contribution is 7.14. The Balaban J connectivity index is 1.73. The molecule has 1 aliphatic carbocycles. The van der Waals surface area contributed by atoms with E-state index in [4.69, 9.17) is 4.98 Å².